The Hall–Kier alpha value is -2.81. The van der Waals surface area contributed by atoms with Crippen molar-refractivity contribution in [3.05, 3.63) is 77.4 Å². The van der Waals surface area contributed by atoms with E-state index in [2.05, 4.69) is 62.1 Å². The molecule has 0 aliphatic carbocycles. The molecular weight excluding hydrogens is 360 g/mol. The van der Waals surface area contributed by atoms with E-state index in [1.165, 1.54) is 24.0 Å². The Morgan fingerprint density at radius 3 is 2.07 bits per heavy atom. The molecule has 2 aromatic rings. The van der Waals surface area contributed by atoms with Crippen LogP contribution in [0.4, 0.5) is 0 Å². The predicted molar refractivity (Wildman–Crippen MR) is 121 cm³/mol. The number of aryl methyl sites for hydroxylation is 1. The van der Waals surface area contributed by atoms with Crippen LogP contribution < -0.4 is 4.74 Å². The maximum Gasteiger partial charge on any atom is 0.333 e. The van der Waals surface area contributed by atoms with Crippen molar-refractivity contribution in [1.29, 1.82) is 0 Å². The molecule has 0 heterocycles. The minimum Gasteiger partial charge on any atom is -0.494 e. The van der Waals surface area contributed by atoms with E-state index in [-0.39, 0.29) is 5.97 Å². The number of esters is 1. The summed E-state index contributed by atoms with van der Waals surface area (Å²) in [5, 5.41) is 0. The monoisotopic (exact) mass is 392 g/mol. The van der Waals surface area contributed by atoms with Gasteiger partial charge in [0, 0.05) is 5.57 Å². The molecule has 0 saturated carbocycles. The minimum absolute atomic E-state index is 0.331. The van der Waals surface area contributed by atoms with Gasteiger partial charge in [-0.05, 0) is 61.4 Å². The number of rotatable bonds is 12. The highest BCUT2D eigenvalue weighted by Crippen LogP contribution is 2.16. The lowest BCUT2D eigenvalue weighted by molar-refractivity contribution is -0.139. The normalized spacial score (nSPS) is 10.8. The summed E-state index contributed by atoms with van der Waals surface area (Å²) >= 11 is 0. The highest BCUT2D eigenvalue weighted by molar-refractivity contribution is 5.86. The SMILES string of the molecule is C=C(C)C(=O)OCCCCOc1ccc(/C=C/c2ccc(CCCC)cc2)cc1. The van der Waals surface area contributed by atoms with Gasteiger partial charge < -0.3 is 9.47 Å². The van der Waals surface area contributed by atoms with Crippen LogP contribution in [0.15, 0.2) is 60.7 Å². The average Bonchev–Trinajstić information content (AvgIpc) is 2.74. The first kappa shape index (κ1) is 22.5. The van der Waals surface area contributed by atoms with Crippen LogP contribution in [0.25, 0.3) is 12.2 Å². The quantitative estimate of drug-likeness (QED) is 0.179. The van der Waals surface area contributed by atoms with Crippen LogP contribution in [0.1, 0.15) is 56.2 Å². The van der Waals surface area contributed by atoms with Crippen LogP contribution in [0, 0.1) is 0 Å². The van der Waals surface area contributed by atoms with Crippen molar-refractivity contribution < 1.29 is 14.3 Å². The first-order valence-corrected chi connectivity index (χ1v) is 10.4. The summed E-state index contributed by atoms with van der Waals surface area (Å²) in [7, 11) is 0. The Morgan fingerprint density at radius 1 is 0.897 bits per heavy atom. The second-order valence-electron chi connectivity index (χ2n) is 7.22. The van der Waals surface area contributed by atoms with Crippen molar-refractivity contribution in [1.82, 2.24) is 0 Å². The molecule has 0 amide bonds. The minimum atomic E-state index is -0.331. The molecule has 0 aliphatic rings. The molecule has 154 valence electrons. The summed E-state index contributed by atoms with van der Waals surface area (Å²) in [6.07, 6.45) is 9.48. The highest BCUT2D eigenvalue weighted by Gasteiger charge is 2.02. The fourth-order valence-corrected chi connectivity index (χ4v) is 2.73. The smallest absolute Gasteiger partial charge is 0.333 e. The fraction of sp³-hybridized carbons (Fsp3) is 0.346. The molecule has 2 rings (SSSR count). The van der Waals surface area contributed by atoms with Crippen molar-refractivity contribution in [3.8, 4) is 5.75 Å². The highest BCUT2D eigenvalue weighted by atomic mass is 16.5. The molecule has 0 atom stereocenters. The Labute approximate surface area is 175 Å². The molecule has 0 bridgehead atoms. The standard InChI is InChI=1S/C26H32O3/c1-4-5-8-22-9-11-23(12-10-22)13-14-24-15-17-25(18-16-24)28-19-6-7-20-29-26(27)21(2)3/h9-18H,2,4-8,19-20H2,1,3H3/b14-13+. The molecule has 0 radical (unpaired) electrons. The third-order valence-corrected chi connectivity index (χ3v) is 4.54. The zero-order chi connectivity index (χ0) is 20.9. The summed E-state index contributed by atoms with van der Waals surface area (Å²) in [4.78, 5) is 11.3. The van der Waals surface area contributed by atoms with Crippen molar-refractivity contribution in [2.75, 3.05) is 13.2 Å². The van der Waals surface area contributed by atoms with E-state index in [1.54, 1.807) is 6.92 Å². The fourth-order valence-electron chi connectivity index (χ4n) is 2.73. The lowest BCUT2D eigenvalue weighted by Gasteiger charge is -2.07. The van der Waals surface area contributed by atoms with E-state index in [1.807, 2.05) is 12.1 Å². The number of hydrogen-bond acceptors (Lipinski definition) is 3. The molecule has 0 N–H and O–H groups in total. The van der Waals surface area contributed by atoms with E-state index < -0.39 is 0 Å². The molecule has 0 aromatic heterocycles. The van der Waals surface area contributed by atoms with Gasteiger partial charge in [0.15, 0.2) is 0 Å². The van der Waals surface area contributed by atoms with E-state index in [9.17, 15) is 4.79 Å². The number of ether oxygens (including phenoxy) is 2. The number of hydrogen-bond donors (Lipinski definition) is 0. The maximum atomic E-state index is 11.3. The van der Waals surface area contributed by atoms with Crippen LogP contribution >= 0.6 is 0 Å². The van der Waals surface area contributed by atoms with Gasteiger partial charge in [-0.3, -0.25) is 0 Å². The molecule has 3 nitrogen and oxygen atoms in total. The molecule has 0 fully saturated rings. The van der Waals surface area contributed by atoms with E-state index in [0.29, 0.717) is 18.8 Å². The topological polar surface area (TPSA) is 35.5 Å². The molecule has 0 unspecified atom stereocenters. The van der Waals surface area contributed by atoms with E-state index >= 15 is 0 Å². The molecule has 0 saturated heterocycles. The third kappa shape index (κ3) is 8.82. The van der Waals surface area contributed by atoms with Gasteiger partial charge in [0.2, 0.25) is 0 Å². The van der Waals surface area contributed by atoms with Gasteiger partial charge in [-0.25, -0.2) is 4.79 Å². The van der Waals surface area contributed by atoms with E-state index in [4.69, 9.17) is 9.47 Å². The van der Waals surface area contributed by atoms with Gasteiger partial charge >= 0.3 is 5.97 Å². The second kappa shape index (κ2) is 12.6. The Morgan fingerprint density at radius 2 is 1.48 bits per heavy atom. The average molecular weight is 393 g/mol. The maximum absolute atomic E-state index is 11.3. The van der Waals surface area contributed by atoms with Gasteiger partial charge in [0.25, 0.3) is 0 Å². The van der Waals surface area contributed by atoms with Crippen molar-refractivity contribution in [3.63, 3.8) is 0 Å². The van der Waals surface area contributed by atoms with E-state index in [0.717, 1.165) is 30.6 Å². The third-order valence-electron chi connectivity index (χ3n) is 4.54. The summed E-state index contributed by atoms with van der Waals surface area (Å²) in [5.41, 5.74) is 4.18. The predicted octanol–water partition coefficient (Wildman–Crippen LogP) is 6.48. The molecule has 0 aliphatic heterocycles. The van der Waals surface area contributed by atoms with Crippen LogP contribution in [0.3, 0.4) is 0 Å². The van der Waals surface area contributed by atoms with Crippen LogP contribution in [0.2, 0.25) is 0 Å². The number of unbranched alkanes of at least 4 members (excludes halogenated alkanes) is 2. The lowest BCUT2D eigenvalue weighted by atomic mass is 10.1. The summed E-state index contributed by atoms with van der Waals surface area (Å²) in [5.74, 6) is 0.517. The van der Waals surface area contributed by atoms with Gasteiger partial charge in [-0.15, -0.1) is 0 Å². The largest absolute Gasteiger partial charge is 0.494 e. The summed E-state index contributed by atoms with van der Waals surface area (Å²) in [6, 6.07) is 16.8. The van der Waals surface area contributed by atoms with Crippen LogP contribution in [-0.2, 0) is 16.0 Å². The molecule has 0 spiro atoms. The zero-order valence-electron chi connectivity index (χ0n) is 17.7. The van der Waals surface area contributed by atoms with Crippen molar-refractivity contribution >= 4 is 18.1 Å². The van der Waals surface area contributed by atoms with Crippen LogP contribution in [-0.4, -0.2) is 19.2 Å². The molecule has 29 heavy (non-hydrogen) atoms. The van der Waals surface area contributed by atoms with Gasteiger partial charge in [-0.1, -0.05) is 68.5 Å². The molecule has 3 heteroatoms. The molecule has 2 aromatic carbocycles. The van der Waals surface area contributed by atoms with Crippen molar-refractivity contribution in [2.45, 2.75) is 46.0 Å². The lowest BCUT2D eigenvalue weighted by Crippen LogP contribution is -2.07. The molecular formula is C26H32O3. The number of benzene rings is 2. The summed E-state index contributed by atoms with van der Waals surface area (Å²) < 4.78 is 10.8. The number of carbonyl (C=O) groups is 1. The first-order valence-electron chi connectivity index (χ1n) is 10.4. The van der Waals surface area contributed by atoms with Crippen LogP contribution in [0.5, 0.6) is 5.75 Å². The first-order chi connectivity index (χ1) is 14.1. The van der Waals surface area contributed by atoms with Gasteiger partial charge in [-0.2, -0.15) is 0 Å². The Balaban J connectivity index is 1.70. The van der Waals surface area contributed by atoms with Crippen molar-refractivity contribution in [2.24, 2.45) is 0 Å². The zero-order valence-corrected chi connectivity index (χ0v) is 17.7. The Kier molecular flexibility index (Phi) is 9.77. The second-order valence-corrected chi connectivity index (χ2v) is 7.22. The number of carbonyl (C=O) groups excluding carboxylic acids is 1. The Bertz CT molecular complexity index is 786. The van der Waals surface area contributed by atoms with Gasteiger partial charge in [0.1, 0.15) is 5.75 Å². The summed E-state index contributed by atoms with van der Waals surface area (Å²) in [6.45, 7) is 8.43. The van der Waals surface area contributed by atoms with Gasteiger partial charge in [0.05, 0.1) is 13.2 Å².